The Bertz CT molecular complexity index is 454. The molecule has 0 radical (unpaired) electrons. The van der Waals surface area contributed by atoms with E-state index in [-0.39, 0.29) is 6.03 Å². The molecule has 0 aliphatic carbocycles. The van der Waals surface area contributed by atoms with Crippen LogP contribution in [0.3, 0.4) is 0 Å². The molecule has 102 valence electrons. The van der Waals surface area contributed by atoms with E-state index in [0.717, 1.165) is 5.56 Å². The summed E-state index contributed by atoms with van der Waals surface area (Å²) in [6.45, 7) is 4.04. The fourth-order valence-electron chi connectivity index (χ4n) is 1.59. The molecule has 0 aliphatic rings. The van der Waals surface area contributed by atoms with E-state index < -0.39 is 0 Å². The molecule has 0 heterocycles. The lowest BCUT2D eigenvalue weighted by Crippen LogP contribution is -2.38. The van der Waals surface area contributed by atoms with Crippen LogP contribution in [0.5, 0.6) is 0 Å². The number of nitriles is 1. The number of hydrogen-bond donors (Lipinski definition) is 1. The molecular formula is C14H19N3O2. The number of rotatable bonds is 6. The summed E-state index contributed by atoms with van der Waals surface area (Å²) in [5.74, 6) is 0. The van der Waals surface area contributed by atoms with Gasteiger partial charge in [-0.05, 0) is 24.6 Å². The van der Waals surface area contributed by atoms with Crippen LogP contribution in [0, 0.1) is 11.3 Å². The molecule has 0 atom stereocenters. The normalized spacial score (nSPS) is 9.74. The molecule has 1 aromatic carbocycles. The van der Waals surface area contributed by atoms with E-state index >= 15 is 0 Å². The first kappa shape index (κ1) is 15.0. The third kappa shape index (κ3) is 5.40. The second kappa shape index (κ2) is 8.11. The first-order chi connectivity index (χ1) is 9.17. The average Bonchev–Trinajstić information content (AvgIpc) is 2.43. The van der Waals surface area contributed by atoms with Gasteiger partial charge in [-0.1, -0.05) is 12.1 Å². The van der Waals surface area contributed by atoms with Crippen molar-refractivity contribution in [2.45, 2.75) is 13.5 Å². The molecule has 1 rings (SSSR count). The van der Waals surface area contributed by atoms with Gasteiger partial charge in [-0.15, -0.1) is 0 Å². The number of carbonyl (C=O) groups excluding carboxylic acids is 1. The topological polar surface area (TPSA) is 65.4 Å². The quantitative estimate of drug-likeness (QED) is 0.793. The van der Waals surface area contributed by atoms with E-state index in [0.29, 0.717) is 31.9 Å². The molecule has 0 spiro atoms. The first-order valence-electron chi connectivity index (χ1n) is 6.23. The Hall–Kier alpha value is -2.06. The Kier molecular flexibility index (Phi) is 6.41. The molecule has 0 aromatic heterocycles. The molecule has 19 heavy (non-hydrogen) atoms. The summed E-state index contributed by atoms with van der Waals surface area (Å²) in [7, 11) is 1.72. The van der Waals surface area contributed by atoms with E-state index in [1.165, 1.54) is 0 Å². The van der Waals surface area contributed by atoms with Crippen LogP contribution >= 0.6 is 0 Å². The standard InChI is InChI=1S/C14H19N3O2/c1-3-19-8-7-16-14(18)17(2)11-13-6-4-5-12(9-13)10-15/h4-6,9H,3,7-8,11H2,1-2H3,(H,16,18). The van der Waals surface area contributed by atoms with Gasteiger partial charge in [-0.25, -0.2) is 4.79 Å². The van der Waals surface area contributed by atoms with Crippen molar-refractivity contribution in [3.63, 3.8) is 0 Å². The summed E-state index contributed by atoms with van der Waals surface area (Å²) in [5.41, 5.74) is 1.53. The third-order valence-corrected chi connectivity index (χ3v) is 2.55. The highest BCUT2D eigenvalue weighted by atomic mass is 16.5. The van der Waals surface area contributed by atoms with Gasteiger partial charge in [-0.3, -0.25) is 0 Å². The lowest BCUT2D eigenvalue weighted by Gasteiger charge is -2.18. The number of amides is 2. The molecule has 0 saturated heterocycles. The van der Waals surface area contributed by atoms with Gasteiger partial charge in [0.1, 0.15) is 0 Å². The minimum Gasteiger partial charge on any atom is -0.380 e. The Morgan fingerprint density at radius 1 is 1.53 bits per heavy atom. The number of nitrogens with zero attached hydrogens (tertiary/aromatic N) is 2. The number of benzene rings is 1. The lowest BCUT2D eigenvalue weighted by atomic mass is 10.1. The molecule has 1 N–H and O–H groups in total. The summed E-state index contributed by atoms with van der Waals surface area (Å²) >= 11 is 0. The van der Waals surface area contributed by atoms with Crippen molar-refractivity contribution in [3.8, 4) is 6.07 Å². The van der Waals surface area contributed by atoms with Gasteiger partial charge in [0.2, 0.25) is 0 Å². The molecule has 0 bridgehead atoms. The van der Waals surface area contributed by atoms with E-state index in [9.17, 15) is 4.79 Å². The summed E-state index contributed by atoms with van der Waals surface area (Å²) in [6, 6.07) is 9.16. The van der Waals surface area contributed by atoms with Crippen LogP contribution in [0.4, 0.5) is 4.79 Å². The van der Waals surface area contributed by atoms with E-state index in [1.807, 2.05) is 19.1 Å². The fourth-order valence-corrected chi connectivity index (χ4v) is 1.59. The Labute approximate surface area is 113 Å². The Morgan fingerprint density at radius 2 is 2.32 bits per heavy atom. The van der Waals surface area contributed by atoms with Crippen molar-refractivity contribution >= 4 is 6.03 Å². The maximum Gasteiger partial charge on any atom is 0.317 e. The van der Waals surface area contributed by atoms with Gasteiger partial charge in [0.25, 0.3) is 0 Å². The Morgan fingerprint density at radius 3 is 3.00 bits per heavy atom. The number of hydrogen-bond acceptors (Lipinski definition) is 3. The number of carbonyl (C=O) groups is 1. The van der Waals surface area contributed by atoms with Crippen LogP contribution in [0.15, 0.2) is 24.3 Å². The molecule has 1 aromatic rings. The van der Waals surface area contributed by atoms with Crippen LogP contribution < -0.4 is 5.32 Å². The van der Waals surface area contributed by atoms with Crippen LogP contribution in [-0.4, -0.2) is 37.7 Å². The minimum absolute atomic E-state index is 0.151. The summed E-state index contributed by atoms with van der Waals surface area (Å²) in [4.78, 5) is 13.3. The molecule has 0 saturated carbocycles. The maximum atomic E-state index is 11.8. The number of ether oxygens (including phenoxy) is 1. The SMILES string of the molecule is CCOCCNC(=O)N(C)Cc1cccc(C#N)c1. The Balaban J connectivity index is 2.43. The van der Waals surface area contributed by atoms with Crippen molar-refractivity contribution in [2.75, 3.05) is 26.8 Å². The second-order valence-electron chi connectivity index (χ2n) is 4.10. The molecule has 5 nitrogen and oxygen atoms in total. The number of nitrogens with one attached hydrogen (secondary N) is 1. The summed E-state index contributed by atoms with van der Waals surface area (Å²) in [5, 5.41) is 11.6. The monoisotopic (exact) mass is 261 g/mol. The highest BCUT2D eigenvalue weighted by Gasteiger charge is 2.08. The lowest BCUT2D eigenvalue weighted by molar-refractivity contribution is 0.146. The third-order valence-electron chi connectivity index (χ3n) is 2.55. The van der Waals surface area contributed by atoms with E-state index in [2.05, 4.69) is 11.4 Å². The molecule has 5 heteroatoms. The van der Waals surface area contributed by atoms with Crippen molar-refractivity contribution in [3.05, 3.63) is 35.4 Å². The largest absolute Gasteiger partial charge is 0.380 e. The zero-order chi connectivity index (χ0) is 14.1. The molecular weight excluding hydrogens is 242 g/mol. The summed E-state index contributed by atoms with van der Waals surface area (Å²) in [6.07, 6.45) is 0. The molecule has 2 amide bonds. The van der Waals surface area contributed by atoms with Gasteiger partial charge >= 0.3 is 6.03 Å². The second-order valence-corrected chi connectivity index (χ2v) is 4.10. The predicted molar refractivity (Wildman–Crippen MR) is 72.5 cm³/mol. The van der Waals surface area contributed by atoms with Gasteiger partial charge in [0.05, 0.1) is 18.2 Å². The van der Waals surface area contributed by atoms with Gasteiger partial charge < -0.3 is 15.0 Å². The number of urea groups is 1. The van der Waals surface area contributed by atoms with Crippen LogP contribution in [-0.2, 0) is 11.3 Å². The van der Waals surface area contributed by atoms with Gasteiger partial charge in [-0.2, -0.15) is 5.26 Å². The smallest absolute Gasteiger partial charge is 0.317 e. The van der Waals surface area contributed by atoms with Crippen molar-refractivity contribution in [1.82, 2.24) is 10.2 Å². The summed E-state index contributed by atoms with van der Waals surface area (Å²) < 4.78 is 5.14. The highest BCUT2D eigenvalue weighted by Crippen LogP contribution is 2.06. The average molecular weight is 261 g/mol. The zero-order valence-electron chi connectivity index (χ0n) is 11.3. The van der Waals surface area contributed by atoms with Gasteiger partial charge in [0.15, 0.2) is 0 Å². The van der Waals surface area contributed by atoms with Gasteiger partial charge in [0, 0.05) is 26.7 Å². The van der Waals surface area contributed by atoms with E-state index in [1.54, 1.807) is 24.1 Å². The zero-order valence-corrected chi connectivity index (χ0v) is 11.3. The highest BCUT2D eigenvalue weighted by molar-refractivity contribution is 5.73. The maximum absolute atomic E-state index is 11.8. The van der Waals surface area contributed by atoms with Crippen molar-refractivity contribution in [1.29, 1.82) is 5.26 Å². The molecule has 0 aliphatic heterocycles. The molecule has 0 unspecified atom stereocenters. The van der Waals surface area contributed by atoms with Crippen molar-refractivity contribution < 1.29 is 9.53 Å². The van der Waals surface area contributed by atoms with Crippen LogP contribution in [0.1, 0.15) is 18.1 Å². The predicted octanol–water partition coefficient (Wildman–Crippen LogP) is 1.74. The minimum atomic E-state index is -0.151. The van der Waals surface area contributed by atoms with Crippen molar-refractivity contribution in [2.24, 2.45) is 0 Å². The first-order valence-corrected chi connectivity index (χ1v) is 6.23. The van der Waals surface area contributed by atoms with Crippen LogP contribution in [0.2, 0.25) is 0 Å². The fraction of sp³-hybridized carbons (Fsp3) is 0.429. The van der Waals surface area contributed by atoms with Crippen LogP contribution in [0.25, 0.3) is 0 Å². The van der Waals surface area contributed by atoms with E-state index in [4.69, 9.17) is 10.00 Å². The molecule has 0 fully saturated rings.